The zero-order valence-corrected chi connectivity index (χ0v) is 11.6. The lowest BCUT2D eigenvalue weighted by Crippen LogP contribution is -2.43. The van der Waals surface area contributed by atoms with Gasteiger partial charge in [0.1, 0.15) is 0 Å². The molecule has 1 aromatic carbocycles. The second-order valence-electron chi connectivity index (χ2n) is 5.07. The number of nitrogens with zero attached hydrogens (tertiary/aromatic N) is 3. The molecular weight excluding hydrogens is 250 g/mol. The van der Waals surface area contributed by atoms with E-state index in [0.717, 1.165) is 43.1 Å². The molecule has 1 aliphatic rings. The van der Waals surface area contributed by atoms with Crippen molar-refractivity contribution in [1.29, 1.82) is 0 Å². The fraction of sp³-hybridized carbons (Fsp3) is 0.333. The van der Waals surface area contributed by atoms with E-state index in [-0.39, 0.29) is 0 Å². The van der Waals surface area contributed by atoms with Crippen LogP contribution < -0.4 is 16.0 Å². The average molecular weight is 269 g/mol. The summed E-state index contributed by atoms with van der Waals surface area (Å²) >= 11 is 0. The number of nitrogens with two attached hydrogens (primary N) is 1. The van der Waals surface area contributed by atoms with Crippen LogP contribution >= 0.6 is 0 Å². The van der Waals surface area contributed by atoms with Gasteiger partial charge in [-0.2, -0.15) is 0 Å². The molecule has 1 saturated heterocycles. The first kappa shape index (κ1) is 12.9. The monoisotopic (exact) mass is 269 g/mol. The average Bonchev–Trinajstić information content (AvgIpc) is 2.49. The molecule has 2 aromatic rings. The molecule has 20 heavy (non-hydrogen) atoms. The molecule has 1 aliphatic heterocycles. The third-order valence-corrected chi connectivity index (χ3v) is 3.57. The van der Waals surface area contributed by atoms with Crippen LogP contribution in [-0.2, 0) is 0 Å². The molecule has 2 heterocycles. The number of benzene rings is 1. The minimum absolute atomic E-state index is 0.319. The topological polar surface area (TPSA) is 67.1 Å². The number of hydrogen-bond donors (Lipinski definition) is 2. The van der Waals surface area contributed by atoms with Gasteiger partial charge in [-0.15, -0.1) is 0 Å². The fourth-order valence-electron chi connectivity index (χ4n) is 2.45. The molecule has 3 N–H and O–H groups in total. The number of aromatic nitrogens is 2. The standard InChI is InChI=1S/C15H19N5/c1-11-2-4-12(5-3-11)14-13(10-18-15(16)19-14)20-8-6-17-7-9-20/h2-5,10,17H,6-9H2,1H3,(H2,16,18,19). The van der Waals surface area contributed by atoms with E-state index in [0.29, 0.717) is 5.95 Å². The van der Waals surface area contributed by atoms with Crippen molar-refractivity contribution >= 4 is 11.6 Å². The normalized spacial score (nSPS) is 15.3. The predicted molar refractivity (Wildman–Crippen MR) is 81.7 cm³/mol. The smallest absolute Gasteiger partial charge is 0.220 e. The van der Waals surface area contributed by atoms with Crippen molar-refractivity contribution in [1.82, 2.24) is 15.3 Å². The number of anilines is 2. The van der Waals surface area contributed by atoms with Crippen LogP contribution in [0.15, 0.2) is 30.5 Å². The zero-order valence-electron chi connectivity index (χ0n) is 11.6. The summed E-state index contributed by atoms with van der Waals surface area (Å²) in [5.74, 6) is 0.319. The Kier molecular flexibility index (Phi) is 3.52. The van der Waals surface area contributed by atoms with Gasteiger partial charge >= 0.3 is 0 Å². The highest BCUT2D eigenvalue weighted by Crippen LogP contribution is 2.29. The molecular formula is C15H19N5. The molecule has 0 aliphatic carbocycles. The SMILES string of the molecule is Cc1ccc(-c2nc(N)ncc2N2CCNCC2)cc1. The molecule has 1 fully saturated rings. The van der Waals surface area contributed by atoms with Gasteiger partial charge in [0, 0.05) is 31.7 Å². The van der Waals surface area contributed by atoms with E-state index in [9.17, 15) is 0 Å². The van der Waals surface area contributed by atoms with Gasteiger partial charge in [0.2, 0.25) is 5.95 Å². The number of rotatable bonds is 2. The predicted octanol–water partition coefficient (Wildman–Crippen LogP) is 1.44. The molecule has 1 aromatic heterocycles. The Morgan fingerprint density at radius 1 is 1.15 bits per heavy atom. The van der Waals surface area contributed by atoms with Crippen LogP contribution in [0.4, 0.5) is 11.6 Å². The van der Waals surface area contributed by atoms with Gasteiger partial charge < -0.3 is 16.0 Å². The molecule has 0 unspecified atom stereocenters. The summed E-state index contributed by atoms with van der Waals surface area (Å²) in [5, 5.41) is 3.36. The van der Waals surface area contributed by atoms with Crippen molar-refractivity contribution in [3.63, 3.8) is 0 Å². The first-order chi connectivity index (χ1) is 9.74. The summed E-state index contributed by atoms with van der Waals surface area (Å²) in [6.07, 6.45) is 1.84. The Hall–Kier alpha value is -2.14. The molecule has 104 valence electrons. The van der Waals surface area contributed by atoms with Crippen LogP contribution in [0.5, 0.6) is 0 Å². The molecule has 0 bridgehead atoms. The number of nitrogens with one attached hydrogen (secondary N) is 1. The Labute approximate surface area is 118 Å². The van der Waals surface area contributed by atoms with E-state index < -0.39 is 0 Å². The van der Waals surface area contributed by atoms with Gasteiger partial charge in [0.05, 0.1) is 17.6 Å². The molecule has 0 radical (unpaired) electrons. The molecule has 0 amide bonds. The third-order valence-electron chi connectivity index (χ3n) is 3.57. The lowest BCUT2D eigenvalue weighted by Gasteiger charge is -2.30. The van der Waals surface area contributed by atoms with Crippen molar-refractivity contribution in [3.8, 4) is 11.3 Å². The third kappa shape index (κ3) is 2.58. The number of hydrogen-bond acceptors (Lipinski definition) is 5. The first-order valence-corrected chi connectivity index (χ1v) is 6.89. The van der Waals surface area contributed by atoms with Gasteiger partial charge in [0.25, 0.3) is 0 Å². The summed E-state index contributed by atoms with van der Waals surface area (Å²) in [6.45, 7) is 5.98. The maximum Gasteiger partial charge on any atom is 0.220 e. The Balaban J connectivity index is 2.03. The minimum atomic E-state index is 0.319. The van der Waals surface area contributed by atoms with Crippen molar-refractivity contribution in [2.45, 2.75) is 6.92 Å². The van der Waals surface area contributed by atoms with Gasteiger partial charge in [-0.05, 0) is 6.92 Å². The largest absolute Gasteiger partial charge is 0.368 e. The fourth-order valence-corrected chi connectivity index (χ4v) is 2.45. The van der Waals surface area contributed by atoms with Crippen LogP contribution in [-0.4, -0.2) is 36.1 Å². The van der Waals surface area contributed by atoms with Crippen LogP contribution in [0.2, 0.25) is 0 Å². The van der Waals surface area contributed by atoms with Crippen molar-refractivity contribution < 1.29 is 0 Å². The van der Waals surface area contributed by atoms with E-state index >= 15 is 0 Å². The van der Waals surface area contributed by atoms with Gasteiger partial charge in [-0.25, -0.2) is 9.97 Å². The van der Waals surface area contributed by atoms with Crippen molar-refractivity contribution in [3.05, 3.63) is 36.0 Å². The summed E-state index contributed by atoms with van der Waals surface area (Å²) < 4.78 is 0. The summed E-state index contributed by atoms with van der Waals surface area (Å²) in [6, 6.07) is 8.36. The van der Waals surface area contributed by atoms with Crippen molar-refractivity contribution in [2.75, 3.05) is 36.8 Å². The van der Waals surface area contributed by atoms with Gasteiger partial charge in [-0.3, -0.25) is 0 Å². The van der Waals surface area contributed by atoms with Crippen LogP contribution in [0.3, 0.4) is 0 Å². The maximum absolute atomic E-state index is 5.77. The van der Waals surface area contributed by atoms with E-state index in [1.807, 2.05) is 6.20 Å². The summed E-state index contributed by atoms with van der Waals surface area (Å²) in [7, 11) is 0. The van der Waals surface area contributed by atoms with E-state index in [2.05, 4.69) is 51.4 Å². The Morgan fingerprint density at radius 3 is 2.55 bits per heavy atom. The molecule has 0 spiro atoms. The summed E-state index contributed by atoms with van der Waals surface area (Å²) in [4.78, 5) is 10.9. The van der Waals surface area contributed by atoms with Crippen LogP contribution in [0, 0.1) is 6.92 Å². The highest BCUT2D eigenvalue weighted by Gasteiger charge is 2.17. The maximum atomic E-state index is 5.77. The molecule has 0 saturated carbocycles. The lowest BCUT2D eigenvalue weighted by atomic mass is 10.1. The van der Waals surface area contributed by atoms with Crippen LogP contribution in [0.1, 0.15) is 5.56 Å². The lowest BCUT2D eigenvalue weighted by molar-refractivity contribution is 0.588. The highest BCUT2D eigenvalue weighted by molar-refractivity contribution is 5.75. The quantitative estimate of drug-likeness (QED) is 0.863. The van der Waals surface area contributed by atoms with Gasteiger partial charge in [0.15, 0.2) is 0 Å². The van der Waals surface area contributed by atoms with E-state index in [4.69, 9.17) is 5.73 Å². The Bertz CT molecular complexity index is 588. The highest BCUT2D eigenvalue weighted by atomic mass is 15.2. The number of piperazine rings is 1. The van der Waals surface area contributed by atoms with E-state index in [1.165, 1.54) is 5.56 Å². The first-order valence-electron chi connectivity index (χ1n) is 6.89. The number of aryl methyl sites for hydroxylation is 1. The van der Waals surface area contributed by atoms with Crippen molar-refractivity contribution in [2.24, 2.45) is 0 Å². The number of nitrogen functional groups attached to an aromatic ring is 1. The minimum Gasteiger partial charge on any atom is -0.368 e. The molecule has 5 heteroatoms. The second kappa shape index (κ2) is 5.46. The molecule has 3 rings (SSSR count). The van der Waals surface area contributed by atoms with Gasteiger partial charge in [-0.1, -0.05) is 29.8 Å². The Morgan fingerprint density at radius 2 is 1.85 bits per heavy atom. The molecule has 5 nitrogen and oxygen atoms in total. The molecule has 0 atom stereocenters. The zero-order chi connectivity index (χ0) is 13.9. The van der Waals surface area contributed by atoms with Crippen LogP contribution in [0.25, 0.3) is 11.3 Å². The summed E-state index contributed by atoms with van der Waals surface area (Å²) in [5.41, 5.74) is 10.1. The second-order valence-corrected chi connectivity index (χ2v) is 5.07. The van der Waals surface area contributed by atoms with E-state index in [1.54, 1.807) is 0 Å².